The van der Waals surface area contributed by atoms with E-state index < -0.39 is 0 Å². The maximum absolute atomic E-state index is 13.5. The summed E-state index contributed by atoms with van der Waals surface area (Å²) in [6.45, 7) is 7.13. The van der Waals surface area contributed by atoms with Gasteiger partial charge < -0.3 is 14.2 Å². The zero-order chi connectivity index (χ0) is 20.9. The van der Waals surface area contributed by atoms with E-state index in [2.05, 4.69) is 28.1 Å². The molecule has 0 spiro atoms. The number of para-hydroxylation sites is 1. The molecule has 1 saturated heterocycles. The van der Waals surface area contributed by atoms with Crippen LogP contribution in [-0.4, -0.2) is 54.8 Å². The van der Waals surface area contributed by atoms with Crippen molar-refractivity contribution in [1.82, 2.24) is 9.47 Å². The van der Waals surface area contributed by atoms with E-state index in [1.807, 2.05) is 29.7 Å². The number of carbonyl (C=O) groups excluding carboxylic acids is 1. The fraction of sp³-hybridized carbons (Fsp3) is 0.375. The number of benzene rings is 2. The molecule has 0 aliphatic carbocycles. The number of aromatic nitrogens is 1. The van der Waals surface area contributed by atoms with Crippen molar-refractivity contribution in [3.63, 3.8) is 0 Å². The number of rotatable bonds is 7. The first-order valence-electron chi connectivity index (χ1n) is 10.6. The summed E-state index contributed by atoms with van der Waals surface area (Å²) in [6.07, 6.45) is 3.01. The summed E-state index contributed by atoms with van der Waals surface area (Å²) in [5, 5.41) is 1.19. The van der Waals surface area contributed by atoms with Crippen LogP contribution in [0.1, 0.15) is 12.5 Å². The average molecular weight is 410 g/mol. The summed E-state index contributed by atoms with van der Waals surface area (Å²) in [6, 6.07) is 15.0. The molecule has 0 bridgehead atoms. The lowest BCUT2D eigenvalue weighted by atomic mass is 10.1. The molecule has 5 nitrogen and oxygen atoms in total. The minimum absolute atomic E-state index is 0.186. The largest absolute Gasteiger partial charge is 0.465 e. The van der Waals surface area contributed by atoms with Gasteiger partial charge in [-0.1, -0.05) is 24.3 Å². The van der Waals surface area contributed by atoms with Gasteiger partial charge in [0.2, 0.25) is 0 Å². The molecule has 6 heteroatoms. The fourth-order valence-corrected chi connectivity index (χ4v) is 4.18. The number of carbonyl (C=O) groups is 1. The Kier molecular flexibility index (Phi) is 6.33. The summed E-state index contributed by atoms with van der Waals surface area (Å²) < 4.78 is 20.6. The third kappa shape index (κ3) is 4.65. The van der Waals surface area contributed by atoms with Crippen molar-refractivity contribution in [1.29, 1.82) is 0 Å². The topological polar surface area (TPSA) is 37.7 Å². The van der Waals surface area contributed by atoms with E-state index >= 15 is 0 Å². The highest BCUT2D eigenvalue weighted by Gasteiger charge is 2.18. The quantitative estimate of drug-likeness (QED) is 0.558. The van der Waals surface area contributed by atoms with Crippen molar-refractivity contribution < 1.29 is 13.9 Å². The molecule has 0 atom stereocenters. The first-order valence-corrected chi connectivity index (χ1v) is 10.6. The highest BCUT2D eigenvalue weighted by molar-refractivity contribution is 5.85. The molecule has 0 N–H and O–H groups in total. The Bertz CT molecular complexity index is 1010. The van der Waals surface area contributed by atoms with Gasteiger partial charge in [0.05, 0.1) is 6.61 Å². The number of piperazine rings is 1. The van der Waals surface area contributed by atoms with Crippen molar-refractivity contribution in [2.24, 2.45) is 0 Å². The number of anilines is 1. The predicted octanol–water partition coefficient (Wildman–Crippen LogP) is 3.71. The molecule has 0 unspecified atom stereocenters. The van der Waals surface area contributed by atoms with Gasteiger partial charge in [0.1, 0.15) is 12.4 Å². The smallest absolute Gasteiger partial charge is 0.325 e. The molecule has 1 fully saturated rings. The van der Waals surface area contributed by atoms with E-state index in [0.29, 0.717) is 6.61 Å². The van der Waals surface area contributed by atoms with Crippen molar-refractivity contribution >= 4 is 22.6 Å². The van der Waals surface area contributed by atoms with Gasteiger partial charge in [-0.05, 0) is 43.2 Å². The van der Waals surface area contributed by atoms with E-state index in [1.54, 1.807) is 12.1 Å². The number of esters is 1. The Hall–Kier alpha value is -2.86. The predicted molar refractivity (Wildman–Crippen MR) is 117 cm³/mol. The fourth-order valence-electron chi connectivity index (χ4n) is 4.18. The standard InChI is InChI=1S/C24H28FN3O2/c1-2-30-24(29)18-28-17-19(22-8-3-4-9-23(22)28)10-11-26-12-14-27(15-13-26)21-7-5-6-20(25)16-21/h3-9,16-17H,2,10-15,18H2,1H3. The lowest BCUT2D eigenvalue weighted by Crippen LogP contribution is -2.47. The van der Waals surface area contributed by atoms with Gasteiger partial charge in [0.25, 0.3) is 0 Å². The second kappa shape index (κ2) is 9.30. The van der Waals surface area contributed by atoms with Crippen molar-refractivity contribution in [3.8, 4) is 0 Å². The SMILES string of the molecule is CCOC(=O)Cn1cc(CCN2CCN(c3cccc(F)c3)CC2)c2ccccc21. The molecule has 30 heavy (non-hydrogen) atoms. The number of ether oxygens (including phenoxy) is 1. The number of nitrogens with zero attached hydrogens (tertiary/aromatic N) is 3. The maximum Gasteiger partial charge on any atom is 0.325 e. The molecule has 0 saturated carbocycles. The van der Waals surface area contributed by atoms with Crippen LogP contribution in [0.25, 0.3) is 10.9 Å². The normalized spacial score (nSPS) is 14.9. The van der Waals surface area contributed by atoms with Crippen LogP contribution in [-0.2, 0) is 22.5 Å². The van der Waals surface area contributed by atoms with Crippen LogP contribution < -0.4 is 4.90 Å². The van der Waals surface area contributed by atoms with Gasteiger partial charge in [-0.25, -0.2) is 4.39 Å². The van der Waals surface area contributed by atoms with E-state index in [4.69, 9.17) is 4.74 Å². The molecular formula is C24H28FN3O2. The Balaban J connectivity index is 1.38. The Labute approximate surface area is 176 Å². The summed E-state index contributed by atoms with van der Waals surface area (Å²) in [7, 11) is 0. The Morgan fingerprint density at radius 3 is 2.63 bits per heavy atom. The van der Waals surface area contributed by atoms with Gasteiger partial charge >= 0.3 is 5.97 Å². The monoisotopic (exact) mass is 409 g/mol. The van der Waals surface area contributed by atoms with E-state index in [1.165, 1.54) is 17.0 Å². The van der Waals surface area contributed by atoms with E-state index in [9.17, 15) is 9.18 Å². The van der Waals surface area contributed by atoms with Gasteiger partial charge in [-0.2, -0.15) is 0 Å². The van der Waals surface area contributed by atoms with Crippen LogP contribution in [0.15, 0.2) is 54.7 Å². The van der Waals surface area contributed by atoms with Gasteiger partial charge in [-0.3, -0.25) is 9.69 Å². The Morgan fingerprint density at radius 2 is 1.87 bits per heavy atom. The molecular weight excluding hydrogens is 381 g/mol. The average Bonchev–Trinajstić information content (AvgIpc) is 3.10. The second-order valence-electron chi connectivity index (χ2n) is 7.66. The minimum Gasteiger partial charge on any atom is -0.465 e. The molecule has 2 heterocycles. The summed E-state index contributed by atoms with van der Waals surface area (Å²) in [5.41, 5.74) is 3.27. The summed E-state index contributed by atoms with van der Waals surface area (Å²) in [5.74, 6) is -0.396. The number of hydrogen-bond acceptors (Lipinski definition) is 4. The zero-order valence-corrected chi connectivity index (χ0v) is 17.4. The van der Waals surface area contributed by atoms with Crippen molar-refractivity contribution in [3.05, 3.63) is 66.1 Å². The van der Waals surface area contributed by atoms with Crippen LogP contribution in [0, 0.1) is 5.82 Å². The lowest BCUT2D eigenvalue weighted by molar-refractivity contribution is -0.143. The number of halogens is 1. The van der Waals surface area contributed by atoms with Crippen molar-refractivity contribution in [2.45, 2.75) is 19.9 Å². The van der Waals surface area contributed by atoms with Gasteiger partial charge in [0.15, 0.2) is 0 Å². The third-order valence-corrected chi connectivity index (χ3v) is 5.72. The zero-order valence-electron chi connectivity index (χ0n) is 17.4. The molecule has 2 aromatic carbocycles. The summed E-state index contributed by atoms with van der Waals surface area (Å²) in [4.78, 5) is 16.7. The van der Waals surface area contributed by atoms with Crippen LogP contribution >= 0.6 is 0 Å². The first kappa shape index (κ1) is 20.4. The van der Waals surface area contributed by atoms with Crippen LogP contribution in [0.2, 0.25) is 0 Å². The second-order valence-corrected chi connectivity index (χ2v) is 7.66. The lowest BCUT2D eigenvalue weighted by Gasteiger charge is -2.36. The van der Waals surface area contributed by atoms with Crippen LogP contribution in [0.5, 0.6) is 0 Å². The molecule has 1 aliphatic heterocycles. The molecule has 1 aromatic heterocycles. The Morgan fingerprint density at radius 1 is 1.07 bits per heavy atom. The minimum atomic E-state index is -0.210. The van der Waals surface area contributed by atoms with E-state index in [-0.39, 0.29) is 18.3 Å². The molecule has 4 rings (SSSR count). The van der Waals surface area contributed by atoms with E-state index in [0.717, 1.165) is 50.3 Å². The number of fused-ring (bicyclic) bond motifs is 1. The summed E-state index contributed by atoms with van der Waals surface area (Å²) >= 11 is 0. The van der Waals surface area contributed by atoms with Gasteiger partial charge in [0, 0.05) is 55.5 Å². The first-order chi connectivity index (χ1) is 14.6. The van der Waals surface area contributed by atoms with Crippen molar-refractivity contribution in [2.75, 3.05) is 44.2 Å². The molecule has 1 aliphatic rings. The van der Waals surface area contributed by atoms with Crippen LogP contribution in [0.3, 0.4) is 0 Å². The maximum atomic E-state index is 13.5. The molecule has 0 radical (unpaired) electrons. The van der Waals surface area contributed by atoms with Gasteiger partial charge in [-0.15, -0.1) is 0 Å². The number of hydrogen-bond donors (Lipinski definition) is 0. The highest BCUT2D eigenvalue weighted by Crippen LogP contribution is 2.23. The third-order valence-electron chi connectivity index (χ3n) is 5.72. The molecule has 158 valence electrons. The highest BCUT2D eigenvalue weighted by atomic mass is 19.1. The molecule has 3 aromatic rings. The molecule has 0 amide bonds. The van der Waals surface area contributed by atoms with Crippen LogP contribution in [0.4, 0.5) is 10.1 Å².